The first-order valence-corrected chi connectivity index (χ1v) is 8.88. The number of rotatable bonds is 8. The van der Waals surface area contributed by atoms with Gasteiger partial charge in [-0.25, -0.2) is 0 Å². The van der Waals surface area contributed by atoms with Crippen LogP contribution in [-0.4, -0.2) is 40.4 Å². The van der Waals surface area contributed by atoms with E-state index < -0.39 is 0 Å². The van der Waals surface area contributed by atoms with E-state index in [1.807, 2.05) is 6.92 Å². The van der Waals surface area contributed by atoms with Gasteiger partial charge in [0, 0.05) is 19.5 Å². The molecular formula is C15H23N5O2S. The van der Waals surface area contributed by atoms with Gasteiger partial charge in [-0.2, -0.15) is 9.64 Å². The summed E-state index contributed by atoms with van der Waals surface area (Å²) >= 11 is 1.06. The van der Waals surface area contributed by atoms with Crippen LogP contribution in [0.3, 0.4) is 0 Å². The second kappa shape index (κ2) is 9.43. The summed E-state index contributed by atoms with van der Waals surface area (Å²) in [7, 11) is 0. The monoisotopic (exact) mass is 337 g/mol. The Morgan fingerprint density at radius 2 is 2.22 bits per heavy atom. The fourth-order valence-electron chi connectivity index (χ4n) is 2.49. The lowest BCUT2D eigenvalue weighted by Crippen LogP contribution is -2.30. The van der Waals surface area contributed by atoms with Crippen LogP contribution in [0.5, 0.6) is 5.88 Å². The number of nitriles is 1. The highest BCUT2D eigenvalue weighted by atomic mass is 32.1. The Kier molecular flexibility index (Phi) is 7.23. The average Bonchev–Trinajstić information content (AvgIpc) is 3.04. The van der Waals surface area contributed by atoms with Crippen LogP contribution in [0.2, 0.25) is 0 Å². The highest BCUT2D eigenvalue weighted by molar-refractivity contribution is 6.99. The van der Waals surface area contributed by atoms with Gasteiger partial charge < -0.3 is 15.0 Å². The third kappa shape index (κ3) is 5.44. The van der Waals surface area contributed by atoms with Gasteiger partial charge in [0.25, 0.3) is 5.88 Å². The number of hydrogen-bond acceptors (Lipinski definition) is 8. The van der Waals surface area contributed by atoms with Crippen molar-refractivity contribution in [2.75, 3.05) is 24.5 Å². The summed E-state index contributed by atoms with van der Waals surface area (Å²) < 4.78 is 13.7. The molecule has 0 spiro atoms. The van der Waals surface area contributed by atoms with E-state index in [1.165, 1.54) is 6.42 Å². The lowest BCUT2D eigenvalue weighted by Gasteiger charge is -2.26. The summed E-state index contributed by atoms with van der Waals surface area (Å²) in [5.41, 5.74) is 0. The fourth-order valence-corrected chi connectivity index (χ4v) is 3.00. The third-order valence-corrected chi connectivity index (χ3v) is 4.24. The number of carbonyl (C=O) groups is 1. The molecule has 1 unspecified atom stereocenters. The Bertz CT molecular complexity index is 536. The average molecular weight is 337 g/mol. The standard InChI is InChI=1S/C15H23N5O2S/c1-2-8-17-12(11-16)6-7-13(21)22-15-14(18-23-19-15)20-9-4-3-5-10-20/h12,17H,2-10H2,1H3. The molecule has 2 rings (SSSR count). The zero-order valence-corrected chi connectivity index (χ0v) is 14.3. The highest BCUT2D eigenvalue weighted by Crippen LogP contribution is 2.28. The van der Waals surface area contributed by atoms with Gasteiger partial charge in [0.05, 0.1) is 23.8 Å². The molecule has 0 bridgehead atoms. The second-order valence-electron chi connectivity index (χ2n) is 5.59. The van der Waals surface area contributed by atoms with Crippen molar-refractivity contribution in [3.05, 3.63) is 0 Å². The first kappa shape index (κ1) is 17.6. The minimum Gasteiger partial charge on any atom is -0.402 e. The van der Waals surface area contributed by atoms with Gasteiger partial charge in [0.15, 0.2) is 0 Å². The number of ether oxygens (including phenoxy) is 1. The van der Waals surface area contributed by atoms with E-state index in [0.29, 0.717) is 18.1 Å². The van der Waals surface area contributed by atoms with Gasteiger partial charge in [-0.15, -0.1) is 4.37 Å². The van der Waals surface area contributed by atoms with E-state index in [4.69, 9.17) is 10.00 Å². The summed E-state index contributed by atoms with van der Waals surface area (Å²) in [4.78, 5) is 14.1. The van der Waals surface area contributed by atoms with Crippen LogP contribution in [-0.2, 0) is 4.79 Å². The number of carbonyl (C=O) groups excluding carboxylic acids is 1. The normalized spacial score (nSPS) is 15.9. The van der Waals surface area contributed by atoms with Crippen molar-refractivity contribution in [1.82, 2.24) is 14.1 Å². The topological polar surface area (TPSA) is 91.1 Å². The molecule has 23 heavy (non-hydrogen) atoms. The van der Waals surface area contributed by atoms with Crippen molar-refractivity contribution in [3.63, 3.8) is 0 Å². The van der Waals surface area contributed by atoms with Gasteiger partial charge >= 0.3 is 5.97 Å². The SMILES string of the molecule is CCCNC(C#N)CCC(=O)Oc1nsnc1N1CCCCC1. The molecule has 0 radical (unpaired) electrons. The molecule has 0 saturated carbocycles. The number of hydrogen-bond donors (Lipinski definition) is 1. The number of esters is 1. The Balaban J connectivity index is 1.83. The second-order valence-corrected chi connectivity index (χ2v) is 6.12. The Morgan fingerprint density at radius 3 is 2.91 bits per heavy atom. The van der Waals surface area contributed by atoms with Crippen LogP contribution >= 0.6 is 11.7 Å². The van der Waals surface area contributed by atoms with Crippen molar-refractivity contribution < 1.29 is 9.53 Å². The zero-order valence-electron chi connectivity index (χ0n) is 13.5. The van der Waals surface area contributed by atoms with Gasteiger partial charge in [-0.05, 0) is 38.6 Å². The minimum atomic E-state index is -0.366. The van der Waals surface area contributed by atoms with Crippen LogP contribution in [0.1, 0.15) is 45.4 Å². The van der Waals surface area contributed by atoms with E-state index >= 15 is 0 Å². The lowest BCUT2D eigenvalue weighted by molar-refractivity contribution is -0.134. The van der Waals surface area contributed by atoms with Crippen LogP contribution < -0.4 is 15.0 Å². The quantitative estimate of drug-likeness (QED) is 0.726. The van der Waals surface area contributed by atoms with Crippen molar-refractivity contribution >= 4 is 23.5 Å². The number of nitrogens with zero attached hydrogens (tertiary/aromatic N) is 4. The molecule has 1 aliphatic rings. The van der Waals surface area contributed by atoms with E-state index in [2.05, 4.69) is 25.0 Å². The molecule has 2 heterocycles. The maximum atomic E-state index is 12.0. The molecule has 1 aliphatic heterocycles. The fraction of sp³-hybridized carbons (Fsp3) is 0.733. The summed E-state index contributed by atoms with van der Waals surface area (Å²) in [5, 5.41) is 12.1. The van der Waals surface area contributed by atoms with Gasteiger partial charge in [0.1, 0.15) is 0 Å². The van der Waals surface area contributed by atoms with Crippen LogP contribution in [0.15, 0.2) is 0 Å². The van der Waals surface area contributed by atoms with Crippen molar-refractivity contribution in [3.8, 4) is 11.9 Å². The van der Waals surface area contributed by atoms with Crippen LogP contribution in [0, 0.1) is 11.3 Å². The minimum absolute atomic E-state index is 0.186. The third-order valence-electron chi connectivity index (χ3n) is 3.74. The maximum Gasteiger partial charge on any atom is 0.312 e. The van der Waals surface area contributed by atoms with E-state index in [9.17, 15) is 4.79 Å². The summed E-state index contributed by atoms with van der Waals surface area (Å²) in [6.07, 6.45) is 5.05. The molecule has 1 N–H and O–H groups in total. The summed E-state index contributed by atoms with van der Waals surface area (Å²) in [6, 6.07) is 1.84. The molecule has 0 amide bonds. The van der Waals surface area contributed by atoms with E-state index in [0.717, 1.165) is 50.6 Å². The van der Waals surface area contributed by atoms with Crippen molar-refractivity contribution in [2.24, 2.45) is 0 Å². The molecular weight excluding hydrogens is 314 g/mol. The highest BCUT2D eigenvalue weighted by Gasteiger charge is 2.21. The number of anilines is 1. The summed E-state index contributed by atoms with van der Waals surface area (Å²) in [5.74, 6) is 0.607. The maximum absolute atomic E-state index is 12.0. The smallest absolute Gasteiger partial charge is 0.312 e. The number of nitrogens with one attached hydrogen (secondary N) is 1. The van der Waals surface area contributed by atoms with Gasteiger partial charge in [-0.1, -0.05) is 6.92 Å². The van der Waals surface area contributed by atoms with Gasteiger partial charge in [-0.3, -0.25) is 4.79 Å². The molecule has 1 atom stereocenters. The molecule has 1 aromatic rings. The molecule has 0 aromatic carbocycles. The number of piperidine rings is 1. The van der Waals surface area contributed by atoms with Crippen LogP contribution in [0.25, 0.3) is 0 Å². The Labute approximate surface area is 141 Å². The molecule has 1 aromatic heterocycles. The van der Waals surface area contributed by atoms with Crippen molar-refractivity contribution in [1.29, 1.82) is 5.26 Å². The molecule has 1 fully saturated rings. The van der Waals surface area contributed by atoms with E-state index in [-0.39, 0.29) is 18.4 Å². The molecule has 1 saturated heterocycles. The number of aromatic nitrogens is 2. The molecule has 8 heteroatoms. The predicted octanol–water partition coefficient (Wildman–Crippen LogP) is 2.11. The lowest BCUT2D eigenvalue weighted by atomic mass is 10.1. The van der Waals surface area contributed by atoms with E-state index in [1.54, 1.807) is 0 Å². The Morgan fingerprint density at radius 1 is 1.43 bits per heavy atom. The summed E-state index contributed by atoms with van der Waals surface area (Å²) in [6.45, 7) is 4.65. The first-order valence-electron chi connectivity index (χ1n) is 8.15. The Hall–Kier alpha value is -1.72. The van der Waals surface area contributed by atoms with Crippen LogP contribution in [0.4, 0.5) is 5.82 Å². The van der Waals surface area contributed by atoms with Crippen molar-refractivity contribution in [2.45, 2.75) is 51.5 Å². The molecule has 7 nitrogen and oxygen atoms in total. The largest absolute Gasteiger partial charge is 0.402 e. The predicted molar refractivity (Wildman–Crippen MR) is 88.5 cm³/mol. The van der Waals surface area contributed by atoms with Gasteiger partial charge in [0.2, 0.25) is 5.82 Å². The zero-order chi connectivity index (χ0) is 16.5. The molecule has 126 valence electrons. The molecule has 0 aliphatic carbocycles. The first-order chi connectivity index (χ1) is 11.2.